The van der Waals surface area contributed by atoms with Crippen molar-refractivity contribution in [1.82, 2.24) is 14.5 Å². The summed E-state index contributed by atoms with van der Waals surface area (Å²) in [6.45, 7) is 5.40. The van der Waals surface area contributed by atoms with Crippen molar-refractivity contribution in [3.05, 3.63) is 46.0 Å². The Hall–Kier alpha value is -1.89. The molecule has 1 aromatic heterocycles. The number of aromatic nitrogens is 2. The molecule has 0 radical (unpaired) electrons. The lowest BCUT2D eigenvalue weighted by molar-refractivity contribution is 0.0671. The monoisotopic (exact) mass is 379 g/mol. The van der Waals surface area contributed by atoms with Gasteiger partial charge in [0.05, 0.1) is 5.69 Å². The van der Waals surface area contributed by atoms with E-state index in [1.165, 1.54) is 12.1 Å². The van der Waals surface area contributed by atoms with Gasteiger partial charge in [0.2, 0.25) is 0 Å². The molecule has 7 heteroatoms. The molecule has 1 fully saturated rings. The number of benzene rings is 1. The quantitative estimate of drug-likeness (QED) is 0.772. The number of hydrogen-bond donors (Lipinski definition) is 0. The molecule has 3 rings (SSSR count). The van der Waals surface area contributed by atoms with E-state index in [2.05, 4.69) is 9.59 Å². The maximum Gasteiger partial charge on any atom is 0.267 e. The number of aryl methyl sites for hydroxylation is 1. The van der Waals surface area contributed by atoms with E-state index in [0.717, 1.165) is 49.1 Å². The van der Waals surface area contributed by atoms with Crippen LogP contribution in [-0.2, 0) is 6.42 Å². The van der Waals surface area contributed by atoms with Gasteiger partial charge in [-0.3, -0.25) is 4.79 Å². The number of carbonyl (C=O) groups is 1. The third kappa shape index (κ3) is 4.26. The first-order valence-electron chi connectivity index (χ1n) is 9.01. The molecule has 0 N–H and O–H groups in total. The van der Waals surface area contributed by atoms with Crippen molar-refractivity contribution in [3.63, 3.8) is 0 Å². The third-order valence-electron chi connectivity index (χ3n) is 4.90. The van der Waals surface area contributed by atoms with E-state index < -0.39 is 11.6 Å². The zero-order valence-electron chi connectivity index (χ0n) is 15.0. The highest BCUT2D eigenvalue weighted by Gasteiger charge is 2.28. The van der Waals surface area contributed by atoms with Crippen molar-refractivity contribution in [2.24, 2.45) is 5.92 Å². The van der Waals surface area contributed by atoms with Crippen LogP contribution in [0.25, 0.3) is 0 Å². The first kappa shape index (κ1) is 18.9. The normalized spacial score (nSPS) is 17.7. The molecule has 0 aliphatic carbocycles. The zero-order chi connectivity index (χ0) is 18.7. The van der Waals surface area contributed by atoms with Crippen LogP contribution in [0.5, 0.6) is 0 Å². The number of nitrogens with zero attached hydrogens (tertiary/aromatic N) is 3. The second kappa shape index (κ2) is 8.20. The van der Waals surface area contributed by atoms with Crippen LogP contribution in [0, 0.1) is 17.6 Å². The molecule has 4 nitrogen and oxygen atoms in total. The lowest BCUT2D eigenvalue weighted by atomic mass is 9.91. The Morgan fingerprint density at radius 1 is 1.38 bits per heavy atom. The summed E-state index contributed by atoms with van der Waals surface area (Å²) < 4.78 is 30.8. The Labute approximate surface area is 156 Å². The Kier molecular flexibility index (Phi) is 5.96. The summed E-state index contributed by atoms with van der Waals surface area (Å²) in [4.78, 5) is 15.4. The first-order chi connectivity index (χ1) is 12.5. The molecule has 0 spiro atoms. The molecule has 1 saturated heterocycles. The molecule has 1 atom stereocenters. The standard InChI is InChI=1S/C19H23F2N3OS/c1-12(2)17-18(26-23-22-17)19(25)24-9-3-4-13(11-24)5-6-14-7-8-15(20)10-16(14)21/h7-8,10,12-13H,3-6,9,11H2,1-2H3. The van der Waals surface area contributed by atoms with Crippen molar-refractivity contribution >= 4 is 17.4 Å². The molecule has 2 aromatic rings. The highest BCUT2D eigenvalue weighted by atomic mass is 32.1. The van der Waals surface area contributed by atoms with Crippen LogP contribution in [-0.4, -0.2) is 33.5 Å². The third-order valence-corrected chi connectivity index (χ3v) is 5.63. The number of rotatable bonds is 5. The minimum atomic E-state index is -0.556. The topological polar surface area (TPSA) is 46.1 Å². The number of halogens is 2. The number of amides is 1. The smallest absolute Gasteiger partial charge is 0.267 e. The molecule has 0 saturated carbocycles. The minimum Gasteiger partial charge on any atom is -0.338 e. The van der Waals surface area contributed by atoms with Gasteiger partial charge in [0.1, 0.15) is 16.5 Å². The molecule has 140 valence electrons. The summed E-state index contributed by atoms with van der Waals surface area (Å²) in [7, 11) is 0. The maximum atomic E-state index is 13.8. The van der Waals surface area contributed by atoms with E-state index in [9.17, 15) is 13.6 Å². The number of hydrogen-bond acceptors (Lipinski definition) is 4. The second-order valence-electron chi connectivity index (χ2n) is 7.18. The molecule has 2 heterocycles. The van der Waals surface area contributed by atoms with Gasteiger partial charge in [0.25, 0.3) is 5.91 Å². The average Bonchev–Trinajstić information content (AvgIpc) is 3.10. The lowest BCUT2D eigenvalue weighted by Crippen LogP contribution is -2.40. The van der Waals surface area contributed by atoms with Gasteiger partial charge in [-0.2, -0.15) is 0 Å². The SMILES string of the molecule is CC(C)c1nnsc1C(=O)N1CCCC(CCc2ccc(F)cc2F)C1. The Morgan fingerprint density at radius 2 is 2.19 bits per heavy atom. The predicted molar refractivity (Wildman–Crippen MR) is 97.3 cm³/mol. The van der Waals surface area contributed by atoms with Crippen LogP contribution >= 0.6 is 11.5 Å². The molecule has 1 aliphatic heterocycles. The fraction of sp³-hybridized carbons (Fsp3) is 0.526. The van der Waals surface area contributed by atoms with Gasteiger partial charge >= 0.3 is 0 Å². The molecule has 0 bridgehead atoms. The van der Waals surface area contributed by atoms with Crippen molar-refractivity contribution in [1.29, 1.82) is 0 Å². The van der Waals surface area contributed by atoms with E-state index >= 15 is 0 Å². The highest BCUT2D eigenvalue weighted by Crippen LogP contribution is 2.27. The lowest BCUT2D eigenvalue weighted by Gasteiger charge is -2.32. The van der Waals surface area contributed by atoms with Crippen LogP contribution in [0.15, 0.2) is 18.2 Å². The fourth-order valence-corrected chi connectivity index (χ4v) is 4.22. The van der Waals surface area contributed by atoms with Gasteiger partial charge in [-0.05, 0) is 60.7 Å². The van der Waals surface area contributed by atoms with Gasteiger partial charge in [-0.15, -0.1) is 5.10 Å². The molecule has 1 amide bonds. The van der Waals surface area contributed by atoms with Gasteiger partial charge in [-0.1, -0.05) is 24.4 Å². The van der Waals surface area contributed by atoms with Crippen LogP contribution in [0.1, 0.15) is 60.0 Å². The Bertz CT molecular complexity index is 778. The summed E-state index contributed by atoms with van der Waals surface area (Å²) in [5, 5.41) is 4.09. The van der Waals surface area contributed by atoms with Crippen molar-refractivity contribution in [3.8, 4) is 0 Å². The van der Waals surface area contributed by atoms with Crippen molar-refractivity contribution < 1.29 is 13.6 Å². The highest BCUT2D eigenvalue weighted by molar-refractivity contribution is 7.08. The van der Waals surface area contributed by atoms with Crippen LogP contribution < -0.4 is 0 Å². The molecular formula is C19H23F2N3OS. The molecule has 1 unspecified atom stereocenters. The maximum absolute atomic E-state index is 13.8. The minimum absolute atomic E-state index is 0.00126. The van der Waals surface area contributed by atoms with Crippen molar-refractivity contribution in [2.45, 2.75) is 45.4 Å². The first-order valence-corrected chi connectivity index (χ1v) is 9.78. The fourth-order valence-electron chi connectivity index (χ4n) is 3.44. The van der Waals surface area contributed by atoms with Crippen LogP contribution in [0.2, 0.25) is 0 Å². The summed E-state index contributed by atoms with van der Waals surface area (Å²) in [6.07, 6.45) is 3.29. The predicted octanol–water partition coefficient (Wildman–Crippen LogP) is 4.42. The number of piperidine rings is 1. The van der Waals surface area contributed by atoms with E-state index in [1.54, 1.807) is 0 Å². The van der Waals surface area contributed by atoms with Gasteiger partial charge in [0, 0.05) is 19.2 Å². The summed E-state index contributed by atoms with van der Waals surface area (Å²) in [5.41, 5.74) is 1.29. The van der Waals surface area contributed by atoms with E-state index in [0.29, 0.717) is 29.3 Å². The van der Waals surface area contributed by atoms with E-state index in [1.807, 2.05) is 18.7 Å². The van der Waals surface area contributed by atoms with Gasteiger partial charge in [0.15, 0.2) is 0 Å². The van der Waals surface area contributed by atoms with Crippen molar-refractivity contribution in [2.75, 3.05) is 13.1 Å². The van der Waals surface area contributed by atoms with Crippen LogP contribution in [0.3, 0.4) is 0 Å². The molecule has 26 heavy (non-hydrogen) atoms. The van der Waals surface area contributed by atoms with Gasteiger partial charge in [-0.25, -0.2) is 8.78 Å². The molecular weight excluding hydrogens is 356 g/mol. The van der Waals surface area contributed by atoms with Gasteiger partial charge < -0.3 is 4.90 Å². The summed E-state index contributed by atoms with van der Waals surface area (Å²) in [6, 6.07) is 3.73. The molecule has 1 aliphatic rings. The second-order valence-corrected chi connectivity index (χ2v) is 7.93. The van der Waals surface area contributed by atoms with E-state index in [-0.39, 0.29) is 11.8 Å². The number of carbonyl (C=O) groups excluding carboxylic acids is 1. The molecule has 1 aromatic carbocycles. The largest absolute Gasteiger partial charge is 0.338 e. The summed E-state index contributed by atoms with van der Waals surface area (Å²) >= 11 is 1.16. The zero-order valence-corrected chi connectivity index (χ0v) is 15.9. The van der Waals surface area contributed by atoms with E-state index in [4.69, 9.17) is 0 Å². The number of likely N-dealkylation sites (tertiary alicyclic amines) is 1. The van der Waals surface area contributed by atoms with Crippen LogP contribution in [0.4, 0.5) is 8.78 Å². The Morgan fingerprint density at radius 3 is 2.92 bits per heavy atom. The Balaban J connectivity index is 1.62. The average molecular weight is 379 g/mol. The summed E-state index contributed by atoms with van der Waals surface area (Å²) in [5.74, 6) is -0.567.